The Labute approximate surface area is 442 Å². The number of hydrogen-bond acceptors (Lipinski definition) is 17. The molecule has 2 aliphatic heterocycles. The summed E-state index contributed by atoms with van der Waals surface area (Å²) in [4.78, 5) is 101. The number of rotatable bonds is 31. The van der Waals surface area contributed by atoms with Gasteiger partial charge in [0.25, 0.3) is 0 Å². The number of likely N-dealkylation sites (tertiary alicyclic amines) is 1. The Morgan fingerprint density at radius 3 is 2.16 bits per heavy atom. The van der Waals surface area contributed by atoms with Crippen molar-refractivity contribution in [2.75, 3.05) is 52.5 Å². The third kappa shape index (κ3) is 18.1. The first-order valence-corrected chi connectivity index (χ1v) is 26.2. The smallest absolute Gasteiger partial charge is 0.326 e. The molecule has 0 spiro atoms. The molecule has 2 aromatic rings. The molecule has 1 aromatic carbocycles. The van der Waals surface area contributed by atoms with Crippen LogP contribution in [0, 0.1) is 11.8 Å². The number of phenolic OH excluding ortho intramolecular Hbond substituents is 1. The Morgan fingerprint density at radius 2 is 1.53 bits per heavy atom. The predicted octanol–water partition coefficient (Wildman–Crippen LogP) is -1.81. The summed E-state index contributed by atoms with van der Waals surface area (Å²) in [6.45, 7) is 5.76. The van der Waals surface area contributed by atoms with E-state index in [1.807, 2.05) is 20.8 Å². The fourth-order valence-corrected chi connectivity index (χ4v) is 9.17. The lowest BCUT2D eigenvalue weighted by molar-refractivity contribution is -0.250. The molecule has 76 heavy (non-hydrogen) atoms. The Morgan fingerprint density at radius 1 is 0.868 bits per heavy atom. The minimum atomic E-state index is -1.75. The second-order valence-corrected chi connectivity index (χ2v) is 20.2. The van der Waals surface area contributed by atoms with Crippen molar-refractivity contribution in [1.29, 1.82) is 0 Å². The molecule has 14 N–H and O–H groups in total. The maximum absolute atomic E-state index is 14.7. The molecule has 4 rings (SSSR count). The van der Waals surface area contributed by atoms with Crippen molar-refractivity contribution in [1.82, 2.24) is 45.6 Å². The van der Waals surface area contributed by atoms with E-state index >= 15 is 0 Å². The number of aromatic hydroxyl groups is 1. The van der Waals surface area contributed by atoms with Gasteiger partial charge in [-0.15, -0.1) is 5.10 Å². The average molecular weight is 1080 g/mol. The summed E-state index contributed by atoms with van der Waals surface area (Å²) in [7, 11) is 0. The molecule has 0 bridgehead atoms. The highest BCUT2D eigenvalue weighted by Crippen LogP contribution is 2.29. The minimum absolute atomic E-state index is 0.00939. The minimum Gasteiger partial charge on any atom is -0.508 e. The molecule has 2 fully saturated rings. The fourth-order valence-electron chi connectivity index (χ4n) is 9.17. The van der Waals surface area contributed by atoms with Crippen LogP contribution >= 0.6 is 0 Å². The van der Waals surface area contributed by atoms with E-state index in [0.717, 1.165) is 10.2 Å². The summed E-state index contributed by atoms with van der Waals surface area (Å²) < 4.78 is 20.0. The number of unbranched alkanes of at least 4 members (excludes halogenated alkanes) is 2. The van der Waals surface area contributed by atoms with Gasteiger partial charge in [0, 0.05) is 26.1 Å². The first-order valence-electron chi connectivity index (χ1n) is 26.2. The van der Waals surface area contributed by atoms with Crippen molar-refractivity contribution in [2.45, 2.75) is 159 Å². The van der Waals surface area contributed by atoms with E-state index in [2.05, 4.69) is 26.3 Å². The fraction of sp³-hybridized carbons (Fsp3) is 0.700. The zero-order valence-corrected chi connectivity index (χ0v) is 44.0. The highest BCUT2D eigenvalue weighted by molar-refractivity contribution is 5.96. The van der Waals surface area contributed by atoms with Gasteiger partial charge in [-0.25, -0.2) is 13.9 Å². The van der Waals surface area contributed by atoms with Gasteiger partial charge in [-0.1, -0.05) is 51.5 Å². The Hall–Kier alpha value is -5.90. The number of carbonyl (C=O) groups is 7. The molecule has 426 valence electrons. The summed E-state index contributed by atoms with van der Waals surface area (Å²) in [6.07, 6.45) is -3.55. The third-order valence-electron chi connectivity index (χ3n) is 13.7. The monoisotopic (exact) mass is 1080 g/mol. The summed E-state index contributed by atoms with van der Waals surface area (Å²) in [6, 6.07) is 0.447. The molecule has 26 heteroatoms. The lowest BCUT2D eigenvalue weighted by Crippen LogP contribution is -2.58. The van der Waals surface area contributed by atoms with E-state index in [1.165, 1.54) is 33.0 Å². The van der Waals surface area contributed by atoms with Crippen molar-refractivity contribution >= 4 is 41.4 Å². The number of carboxylic acids is 1. The van der Waals surface area contributed by atoms with Crippen molar-refractivity contribution in [3.05, 3.63) is 41.7 Å². The van der Waals surface area contributed by atoms with Gasteiger partial charge in [-0.3, -0.25) is 28.8 Å². The van der Waals surface area contributed by atoms with E-state index in [1.54, 1.807) is 19.1 Å². The number of aliphatic hydroxyl groups is 3. The maximum atomic E-state index is 14.7. The second kappa shape index (κ2) is 30.7. The number of benzene rings is 1. The van der Waals surface area contributed by atoms with Gasteiger partial charge in [0.05, 0.1) is 31.0 Å². The number of phenols is 1. The lowest BCUT2D eigenvalue weighted by atomic mass is 9.97. The molecule has 0 radical (unpaired) electrons. The maximum Gasteiger partial charge on any atom is 0.326 e. The van der Waals surface area contributed by atoms with Crippen LogP contribution in [0.2, 0.25) is 0 Å². The summed E-state index contributed by atoms with van der Waals surface area (Å²) in [5.74, 6) is -5.55. The number of aliphatic carboxylic acids is 1. The van der Waals surface area contributed by atoms with Crippen LogP contribution < -0.4 is 33.2 Å². The molecule has 2 aliphatic rings. The van der Waals surface area contributed by atoms with Crippen molar-refractivity contribution in [2.24, 2.45) is 29.0 Å². The number of alkyl halides is 1. The number of aliphatic hydroxyl groups excluding tert-OH is 3. The Balaban J connectivity index is 1.53. The van der Waals surface area contributed by atoms with Gasteiger partial charge in [-0.2, -0.15) is 0 Å². The molecule has 2 saturated heterocycles. The highest BCUT2D eigenvalue weighted by atomic mass is 19.1. The highest BCUT2D eigenvalue weighted by Gasteiger charge is 2.45. The van der Waals surface area contributed by atoms with Gasteiger partial charge >= 0.3 is 5.97 Å². The topological polar surface area (TPSA) is 384 Å². The molecule has 0 unspecified atom stereocenters. The van der Waals surface area contributed by atoms with Crippen LogP contribution in [0.3, 0.4) is 0 Å². The number of halogens is 1. The first-order chi connectivity index (χ1) is 36.1. The van der Waals surface area contributed by atoms with Gasteiger partial charge in [0.1, 0.15) is 61.0 Å². The number of ether oxygens (including phenoxy) is 1. The number of hydrogen-bond donors (Lipinski definition) is 11. The standard InChI is InChI=1S/C50H81FN12O13/c1-5-30(4)41(45(70)56-36(50(74)75)23-29(2)3)57-40(66)28-61(22-17-31-13-15-33(64)16-14-31)48(73)37-12-10-21-62(37)47(72)35(11-6-7-18-52)55-39(65)27-60(20-9-8-19-53)46(71)34(54)24-32-26-63(59-58-32)49-44(69)43(68)42(67)38(25-51)76-49/h13-16,26,29-30,34-38,41-44,49,64,67-69H,5-12,17-25,27-28,52-54H2,1-4H3,(H,55,65)(H,56,70)(H,57,66)(H,74,75)/t30-,34-,35-,36-,37-,38+,41-,42+,43-,44+,49+/m0/s1. The number of carboxylic acid groups (broad SMARTS) is 1. The summed E-state index contributed by atoms with van der Waals surface area (Å²) in [5.41, 5.74) is 18.8. The number of aromatic nitrogens is 3. The van der Waals surface area contributed by atoms with Gasteiger partial charge in [0.15, 0.2) is 6.23 Å². The number of nitrogens with zero attached hydrogens (tertiary/aromatic N) is 6. The van der Waals surface area contributed by atoms with Crippen LogP contribution in [0.4, 0.5) is 4.39 Å². The molecule has 1 aromatic heterocycles. The summed E-state index contributed by atoms with van der Waals surface area (Å²) in [5, 5.41) is 66.5. The molecular formula is C50H81FN12O13. The molecule has 0 aliphatic carbocycles. The molecule has 11 atom stereocenters. The number of nitrogens with one attached hydrogen (secondary N) is 3. The Kier molecular flexibility index (Phi) is 25.3. The average Bonchev–Trinajstić information content (AvgIpc) is 4.08. The van der Waals surface area contributed by atoms with Crippen LogP contribution in [-0.4, -0.2) is 204 Å². The predicted molar refractivity (Wildman–Crippen MR) is 273 cm³/mol. The van der Waals surface area contributed by atoms with Crippen LogP contribution in [0.5, 0.6) is 5.75 Å². The second-order valence-electron chi connectivity index (χ2n) is 20.2. The molecular weight excluding hydrogens is 996 g/mol. The number of carbonyl (C=O) groups excluding carboxylic acids is 6. The SMILES string of the molecule is CC[C@H](C)[C@H](NC(=O)CN(CCc1ccc(O)cc1)C(=O)[C@@H]1CCCN1C(=O)[C@H](CCCCN)NC(=O)CN(CCCCN)C(=O)[C@@H](N)Cc1cn([C@@H]2O[C@H](CF)[C@@H](O)[C@H](O)[C@H]2O)nn1)C(=O)N[C@@H](CC(C)C)C(=O)O. The number of amides is 6. The van der Waals surface area contributed by atoms with Crippen LogP contribution in [0.15, 0.2) is 30.5 Å². The summed E-state index contributed by atoms with van der Waals surface area (Å²) >= 11 is 0. The number of nitrogens with two attached hydrogens (primary N) is 3. The third-order valence-corrected chi connectivity index (χ3v) is 13.7. The van der Waals surface area contributed by atoms with Crippen LogP contribution in [0.25, 0.3) is 0 Å². The van der Waals surface area contributed by atoms with E-state index in [9.17, 15) is 63.5 Å². The molecule has 3 heterocycles. The van der Waals surface area contributed by atoms with Gasteiger partial charge in [0.2, 0.25) is 35.4 Å². The lowest BCUT2D eigenvalue weighted by Gasteiger charge is -2.39. The van der Waals surface area contributed by atoms with E-state index in [-0.39, 0.29) is 69.1 Å². The Bertz CT molecular complexity index is 2210. The largest absolute Gasteiger partial charge is 0.508 e. The first kappa shape index (κ1) is 62.6. The van der Waals surface area contributed by atoms with Crippen LogP contribution in [-0.2, 0) is 51.1 Å². The van der Waals surface area contributed by atoms with Crippen molar-refractivity contribution in [3.8, 4) is 5.75 Å². The zero-order chi connectivity index (χ0) is 56.2. The van der Waals surface area contributed by atoms with Gasteiger partial charge in [-0.05, 0) is 100 Å². The molecule has 0 saturated carbocycles. The molecule has 6 amide bonds. The van der Waals surface area contributed by atoms with Gasteiger partial charge < -0.3 is 78.1 Å². The zero-order valence-electron chi connectivity index (χ0n) is 44.0. The van der Waals surface area contributed by atoms with Crippen molar-refractivity contribution < 1.29 is 68.2 Å². The van der Waals surface area contributed by atoms with E-state index in [0.29, 0.717) is 51.6 Å². The molecule has 25 nitrogen and oxygen atoms in total. The normalized spacial score (nSPS) is 21.5. The van der Waals surface area contributed by atoms with E-state index in [4.69, 9.17) is 21.9 Å². The quantitative estimate of drug-likeness (QED) is 0.0371. The van der Waals surface area contributed by atoms with E-state index < -0.39 is 128 Å². The van der Waals surface area contributed by atoms with Crippen molar-refractivity contribution in [3.63, 3.8) is 0 Å². The van der Waals surface area contributed by atoms with Crippen LogP contribution in [0.1, 0.15) is 103 Å².